The molecule has 6 heteroatoms. The van der Waals surface area contributed by atoms with Crippen LogP contribution in [0.2, 0.25) is 0 Å². The Morgan fingerprint density at radius 2 is 2.00 bits per heavy atom. The number of nitrogens with zero attached hydrogens (tertiary/aromatic N) is 1. The number of carbonyl (C=O) groups is 2. The zero-order valence-electron chi connectivity index (χ0n) is 14.9. The van der Waals surface area contributed by atoms with E-state index in [1.54, 1.807) is 13.2 Å². The first-order valence-corrected chi connectivity index (χ1v) is 9.82. The second kappa shape index (κ2) is 8.85. The largest absolute Gasteiger partial charge is 0.497 e. The highest BCUT2D eigenvalue weighted by molar-refractivity contribution is 7.12. The van der Waals surface area contributed by atoms with Gasteiger partial charge in [-0.2, -0.15) is 0 Å². The van der Waals surface area contributed by atoms with Crippen molar-refractivity contribution in [2.24, 2.45) is 0 Å². The van der Waals surface area contributed by atoms with Gasteiger partial charge in [-0.25, -0.2) is 0 Å². The van der Waals surface area contributed by atoms with E-state index in [1.165, 1.54) is 11.3 Å². The lowest BCUT2D eigenvalue weighted by molar-refractivity contribution is -0.132. The molecule has 1 aromatic heterocycles. The van der Waals surface area contributed by atoms with E-state index in [4.69, 9.17) is 4.74 Å². The summed E-state index contributed by atoms with van der Waals surface area (Å²) in [5, 5.41) is 4.61. The number of amides is 2. The Labute approximate surface area is 158 Å². The highest BCUT2D eigenvalue weighted by Gasteiger charge is 2.27. The number of likely N-dealkylation sites (tertiary alicyclic amines) is 1. The topological polar surface area (TPSA) is 58.6 Å². The molecule has 5 nitrogen and oxygen atoms in total. The Morgan fingerprint density at radius 1 is 1.19 bits per heavy atom. The fraction of sp³-hybridized carbons (Fsp3) is 0.400. The summed E-state index contributed by atoms with van der Waals surface area (Å²) in [5.41, 5.74) is 1.12. The van der Waals surface area contributed by atoms with Crippen molar-refractivity contribution in [2.45, 2.75) is 31.7 Å². The van der Waals surface area contributed by atoms with Gasteiger partial charge in [-0.1, -0.05) is 31.0 Å². The fourth-order valence-electron chi connectivity index (χ4n) is 3.33. The minimum absolute atomic E-state index is 0.0300. The monoisotopic (exact) mass is 372 g/mol. The van der Waals surface area contributed by atoms with Gasteiger partial charge >= 0.3 is 0 Å². The molecule has 1 aromatic carbocycles. The van der Waals surface area contributed by atoms with E-state index < -0.39 is 0 Å². The van der Waals surface area contributed by atoms with Crippen molar-refractivity contribution in [3.05, 3.63) is 52.2 Å². The van der Waals surface area contributed by atoms with Crippen molar-refractivity contribution in [1.29, 1.82) is 0 Å². The molecule has 2 heterocycles. The van der Waals surface area contributed by atoms with Crippen LogP contribution in [0.5, 0.6) is 5.75 Å². The number of rotatable bonds is 5. The summed E-state index contributed by atoms with van der Waals surface area (Å²) in [5.74, 6) is 0.588. The standard InChI is InChI=1S/C20H24N2O3S/c1-25-16-10-8-15(9-11-16)17-6-3-2-4-12-22(17)19(23)14-21-20(24)18-7-5-13-26-18/h5,7-11,13,17H,2-4,6,12,14H2,1H3,(H,21,24)/t17-/m0/s1. The molecule has 1 saturated heterocycles. The van der Waals surface area contributed by atoms with E-state index in [-0.39, 0.29) is 24.4 Å². The number of hydrogen-bond acceptors (Lipinski definition) is 4. The number of hydrogen-bond donors (Lipinski definition) is 1. The first kappa shape index (κ1) is 18.5. The number of carbonyl (C=O) groups excluding carboxylic acids is 2. The molecule has 0 bridgehead atoms. The molecule has 3 rings (SSSR count). The second-order valence-electron chi connectivity index (χ2n) is 6.39. The number of ether oxygens (including phenoxy) is 1. The smallest absolute Gasteiger partial charge is 0.261 e. The van der Waals surface area contributed by atoms with Crippen molar-refractivity contribution < 1.29 is 14.3 Å². The molecule has 1 aliphatic heterocycles. The Kier molecular flexibility index (Phi) is 6.28. The van der Waals surface area contributed by atoms with Gasteiger partial charge in [0.1, 0.15) is 5.75 Å². The molecular weight excluding hydrogens is 348 g/mol. The van der Waals surface area contributed by atoms with Crippen LogP contribution in [-0.2, 0) is 4.79 Å². The summed E-state index contributed by atoms with van der Waals surface area (Å²) >= 11 is 1.37. The molecule has 26 heavy (non-hydrogen) atoms. The molecule has 1 N–H and O–H groups in total. The molecule has 0 unspecified atom stereocenters. The van der Waals surface area contributed by atoms with Gasteiger partial charge in [0.25, 0.3) is 5.91 Å². The number of thiophene rings is 1. The van der Waals surface area contributed by atoms with Gasteiger partial charge in [0.15, 0.2) is 0 Å². The van der Waals surface area contributed by atoms with E-state index >= 15 is 0 Å². The molecule has 1 atom stereocenters. The number of benzene rings is 1. The van der Waals surface area contributed by atoms with Crippen LogP contribution < -0.4 is 10.1 Å². The average molecular weight is 372 g/mol. The van der Waals surface area contributed by atoms with Crippen LogP contribution >= 0.6 is 11.3 Å². The first-order chi connectivity index (χ1) is 12.7. The van der Waals surface area contributed by atoms with Gasteiger partial charge in [0, 0.05) is 6.54 Å². The fourth-order valence-corrected chi connectivity index (χ4v) is 3.97. The van der Waals surface area contributed by atoms with E-state index in [2.05, 4.69) is 5.32 Å². The van der Waals surface area contributed by atoms with Crippen molar-refractivity contribution in [1.82, 2.24) is 10.2 Å². The van der Waals surface area contributed by atoms with Crippen LogP contribution in [0.3, 0.4) is 0 Å². The van der Waals surface area contributed by atoms with Crippen LogP contribution in [-0.4, -0.2) is 36.9 Å². The van der Waals surface area contributed by atoms with E-state index in [0.717, 1.165) is 43.5 Å². The summed E-state index contributed by atoms with van der Waals surface area (Å²) < 4.78 is 5.23. The SMILES string of the molecule is COc1ccc([C@@H]2CCCCCN2C(=O)CNC(=O)c2cccs2)cc1. The average Bonchev–Trinajstić information content (AvgIpc) is 3.11. The third-order valence-electron chi connectivity index (χ3n) is 4.72. The molecular formula is C20H24N2O3S. The summed E-state index contributed by atoms with van der Waals surface area (Å²) in [6.45, 7) is 0.758. The maximum absolute atomic E-state index is 12.8. The lowest BCUT2D eigenvalue weighted by Gasteiger charge is -2.30. The zero-order valence-corrected chi connectivity index (χ0v) is 15.8. The Bertz CT molecular complexity index is 728. The highest BCUT2D eigenvalue weighted by Crippen LogP contribution is 2.31. The highest BCUT2D eigenvalue weighted by atomic mass is 32.1. The van der Waals surface area contributed by atoms with Gasteiger partial charge in [0.05, 0.1) is 24.6 Å². The molecule has 138 valence electrons. The zero-order chi connectivity index (χ0) is 18.4. The first-order valence-electron chi connectivity index (χ1n) is 8.94. The van der Waals surface area contributed by atoms with E-state index in [1.807, 2.05) is 40.6 Å². The van der Waals surface area contributed by atoms with Crippen LogP contribution in [0.25, 0.3) is 0 Å². The van der Waals surface area contributed by atoms with Gasteiger partial charge in [0.2, 0.25) is 5.91 Å². The molecule has 0 aliphatic carbocycles. The second-order valence-corrected chi connectivity index (χ2v) is 7.33. The molecule has 0 saturated carbocycles. The van der Waals surface area contributed by atoms with Gasteiger partial charge in [-0.05, 0) is 42.0 Å². The summed E-state index contributed by atoms with van der Waals surface area (Å²) in [7, 11) is 1.65. The minimum atomic E-state index is -0.191. The molecule has 2 amide bonds. The third-order valence-corrected chi connectivity index (χ3v) is 5.59. The van der Waals surface area contributed by atoms with Crippen molar-refractivity contribution in [3.63, 3.8) is 0 Å². The van der Waals surface area contributed by atoms with Gasteiger partial charge in [-0.15, -0.1) is 11.3 Å². The molecule has 0 radical (unpaired) electrons. The van der Waals surface area contributed by atoms with Gasteiger partial charge < -0.3 is 15.0 Å². The van der Waals surface area contributed by atoms with Crippen molar-refractivity contribution >= 4 is 23.2 Å². The quantitative estimate of drug-likeness (QED) is 0.872. The lowest BCUT2D eigenvalue weighted by atomic mass is 10.0. The van der Waals surface area contributed by atoms with E-state index in [9.17, 15) is 9.59 Å². The summed E-state index contributed by atoms with van der Waals surface area (Å²) in [6, 6.07) is 11.6. The van der Waals surface area contributed by atoms with Crippen LogP contribution in [0.1, 0.15) is 47.0 Å². The van der Waals surface area contributed by atoms with Gasteiger partial charge in [-0.3, -0.25) is 9.59 Å². The van der Waals surface area contributed by atoms with Crippen molar-refractivity contribution in [3.8, 4) is 5.75 Å². The molecule has 2 aromatic rings. The Balaban J connectivity index is 1.69. The van der Waals surface area contributed by atoms with E-state index in [0.29, 0.717) is 4.88 Å². The maximum atomic E-state index is 12.8. The summed E-state index contributed by atoms with van der Waals surface area (Å²) in [6.07, 6.45) is 4.16. The van der Waals surface area contributed by atoms with Crippen LogP contribution in [0.4, 0.5) is 0 Å². The summed E-state index contributed by atoms with van der Waals surface area (Å²) in [4.78, 5) is 27.5. The van der Waals surface area contributed by atoms with Crippen LogP contribution in [0.15, 0.2) is 41.8 Å². The Morgan fingerprint density at radius 3 is 2.69 bits per heavy atom. The number of nitrogens with one attached hydrogen (secondary N) is 1. The maximum Gasteiger partial charge on any atom is 0.261 e. The van der Waals surface area contributed by atoms with Crippen molar-refractivity contribution in [2.75, 3.05) is 20.2 Å². The third kappa shape index (κ3) is 4.43. The predicted molar refractivity (Wildman–Crippen MR) is 103 cm³/mol. The number of methoxy groups -OCH3 is 1. The minimum Gasteiger partial charge on any atom is -0.497 e. The Hall–Kier alpha value is -2.34. The molecule has 1 aliphatic rings. The molecule has 0 spiro atoms. The predicted octanol–water partition coefficient (Wildman–Crippen LogP) is 3.63. The normalized spacial score (nSPS) is 17.4. The van der Waals surface area contributed by atoms with Crippen LogP contribution in [0, 0.1) is 0 Å². The molecule has 1 fully saturated rings. The lowest BCUT2D eigenvalue weighted by Crippen LogP contribution is -2.42.